The Kier molecular flexibility index (Phi) is 4.88. The van der Waals surface area contributed by atoms with Crippen LogP contribution >= 0.6 is 0 Å². The summed E-state index contributed by atoms with van der Waals surface area (Å²) in [5.41, 5.74) is 0.194. The summed E-state index contributed by atoms with van der Waals surface area (Å²) in [5.74, 6) is 1.15. The summed E-state index contributed by atoms with van der Waals surface area (Å²) in [7, 11) is 0. The minimum atomic E-state index is -0.705. The molecule has 2 fully saturated rings. The molecule has 7 heteroatoms. The van der Waals surface area contributed by atoms with Gasteiger partial charge in [0.2, 0.25) is 5.91 Å². The van der Waals surface area contributed by atoms with Crippen molar-refractivity contribution in [1.82, 2.24) is 20.3 Å². The van der Waals surface area contributed by atoms with Gasteiger partial charge in [-0.05, 0) is 32.6 Å². The van der Waals surface area contributed by atoms with Crippen LogP contribution in [0.5, 0.6) is 0 Å². The van der Waals surface area contributed by atoms with Gasteiger partial charge in [-0.3, -0.25) is 14.6 Å². The van der Waals surface area contributed by atoms with Gasteiger partial charge in [-0.2, -0.15) is 5.26 Å². The summed E-state index contributed by atoms with van der Waals surface area (Å²) in [6.07, 6.45) is 2.06. The van der Waals surface area contributed by atoms with Gasteiger partial charge >= 0.3 is 0 Å². The van der Waals surface area contributed by atoms with Crippen LogP contribution in [0.2, 0.25) is 0 Å². The monoisotopic (exact) mass is 331 g/mol. The Balaban J connectivity index is 1.42. The fourth-order valence-corrected chi connectivity index (χ4v) is 3.23. The number of nitriles is 1. The number of amides is 1. The standard InChI is InChI=1S/C17H25N5O2/c1-13-9-15(24-20-13)10-21-5-7-22(8-6-21)11-16(23)19-17(2,12-18)14-3-4-14/h9,14H,3-8,10-11H2,1-2H3,(H,19,23)/t17-/m1/s1. The number of aryl methyl sites for hydroxylation is 1. The van der Waals surface area contributed by atoms with Gasteiger partial charge in [-0.15, -0.1) is 0 Å². The van der Waals surface area contributed by atoms with Crippen molar-refractivity contribution in [2.45, 2.75) is 38.8 Å². The van der Waals surface area contributed by atoms with E-state index >= 15 is 0 Å². The third kappa shape index (κ3) is 4.13. The van der Waals surface area contributed by atoms with Crippen LogP contribution in [0.3, 0.4) is 0 Å². The Morgan fingerprint density at radius 3 is 2.62 bits per heavy atom. The third-order valence-electron chi connectivity index (χ3n) is 4.91. The van der Waals surface area contributed by atoms with Gasteiger partial charge in [0.15, 0.2) is 5.76 Å². The van der Waals surface area contributed by atoms with Crippen molar-refractivity contribution in [3.05, 3.63) is 17.5 Å². The zero-order valence-corrected chi connectivity index (χ0v) is 14.4. The molecule has 1 aromatic rings. The zero-order valence-electron chi connectivity index (χ0n) is 14.4. The summed E-state index contributed by atoms with van der Waals surface area (Å²) in [6.45, 7) is 8.34. The average Bonchev–Trinajstić information content (AvgIpc) is 3.33. The van der Waals surface area contributed by atoms with Crippen LogP contribution in [0.4, 0.5) is 0 Å². The van der Waals surface area contributed by atoms with E-state index in [1.54, 1.807) is 0 Å². The van der Waals surface area contributed by atoms with Gasteiger partial charge in [-0.1, -0.05) is 5.16 Å². The predicted octanol–water partition coefficient (Wildman–Crippen LogP) is 0.909. The quantitative estimate of drug-likeness (QED) is 0.834. The summed E-state index contributed by atoms with van der Waals surface area (Å²) in [6, 6.07) is 4.23. The molecule has 0 spiro atoms. The van der Waals surface area contributed by atoms with Gasteiger partial charge in [0.25, 0.3) is 0 Å². The molecule has 1 atom stereocenters. The lowest BCUT2D eigenvalue weighted by atomic mass is 9.98. The normalized spacial score (nSPS) is 21.9. The maximum absolute atomic E-state index is 12.3. The van der Waals surface area contributed by atoms with Gasteiger partial charge in [0.05, 0.1) is 24.9 Å². The van der Waals surface area contributed by atoms with Crippen molar-refractivity contribution < 1.29 is 9.32 Å². The first kappa shape index (κ1) is 16.9. The number of hydrogen-bond donors (Lipinski definition) is 1. The second-order valence-electron chi connectivity index (χ2n) is 7.12. The fraction of sp³-hybridized carbons (Fsp3) is 0.706. The highest BCUT2D eigenvalue weighted by atomic mass is 16.5. The number of rotatable bonds is 6. The molecule has 1 N–H and O–H groups in total. The molecule has 3 rings (SSSR count). The molecule has 2 aliphatic rings. The fourth-order valence-electron chi connectivity index (χ4n) is 3.23. The van der Waals surface area contributed by atoms with E-state index in [1.807, 2.05) is 19.9 Å². The number of nitrogens with zero attached hydrogens (tertiary/aromatic N) is 4. The second-order valence-corrected chi connectivity index (χ2v) is 7.12. The Morgan fingerprint density at radius 1 is 1.42 bits per heavy atom. The maximum atomic E-state index is 12.3. The third-order valence-corrected chi connectivity index (χ3v) is 4.91. The van der Waals surface area contributed by atoms with E-state index < -0.39 is 5.54 Å². The van der Waals surface area contributed by atoms with E-state index in [-0.39, 0.29) is 5.91 Å². The van der Waals surface area contributed by atoms with Crippen LogP contribution in [0.25, 0.3) is 0 Å². The van der Waals surface area contributed by atoms with E-state index in [2.05, 4.69) is 26.3 Å². The molecule has 0 radical (unpaired) electrons. The molecule has 0 bridgehead atoms. The molecule has 24 heavy (non-hydrogen) atoms. The average molecular weight is 331 g/mol. The van der Waals surface area contributed by atoms with Crippen molar-refractivity contribution in [3.63, 3.8) is 0 Å². The first-order valence-corrected chi connectivity index (χ1v) is 8.58. The Labute approximate surface area is 142 Å². The molecule has 1 saturated carbocycles. The maximum Gasteiger partial charge on any atom is 0.235 e. The Hall–Kier alpha value is -1.91. The van der Waals surface area contributed by atoms with Gasteiger partial charge in [-0.25, -0.2) is 0 Å². The van der Waals surface area contributed by atoms with Crippen LogP contribution in [-0.2, 0) is 11.3 Å². The molecule has 1 aliphatic carbocycles. The number of carbonyl (C=O) groups excluding carboxylic acids is 1. The number of aromatic nitrogens is 1. The molecular weight excluding hydrogens is 306 g/mol. The number of hydrogen-bond acceptors (Lipinski definition) is 6. The number of carbonyl (C=O) groups is 1. The van der Waals surface area contributed by atoms with Crippen molar-refractivity contribution in [1.29, 1.82) is 5.26 Å². The highest BCUT2D eigenvalue weighted by Crippen LogP contribution is 2.39. The van der Waals surface area contributed by atoms with E-state index in [4.69, 9.17) is 4.52 Å². The molecular formula is C17H25N5O2. The summed E-state index contributed by atoms with van der Waals surface area (Å²) in [4.78, 5) is 16.7. The van der Waals surface area contributed by atoms with E-state index in [0.29, 0.717) is 12.5 Å². The van der Waals surface area contributed by atoms with E-state index in [1.165, 1.54) is 0 Å². The molecule has 1 amide bonds. The minimum Gasteiger partial charge on any atom is -0.360 e. The molecule has 130 valence electrons. The predicted molar refractivity (Wildman–Crippen MR) is 87.8 cm³/mol. The van der Waals surface area contributed by atoms with Crippen molar-refractivity contribution in [2.24, 2.45) is 5.92 Å². The first-order valence-electron chi connectivity index (χ1n) is 8.58. The summed E-state index contributed by atoms with van der Waals surface area (Å²) < 4.78 is 5.25. The van der Waals surface area contributed by atoms with Gasteiger partial charge in [0.1, 0.15) is 5.54 Å². The van der Waals surface area contributed by atoms with Crippen molar-refractivity contribution in [3.8, 4) is 6.07 Å². The lowest BCUT2D eigenvalue weighted by molar-refractivity contribution is -0.124. The van der Waals surface area contributed by atoms with Crippen molar-refractivity contribution in [2.75, 3.05) is 32.7 Å². The van der Waals surface area contributed by atoms with Crippen LogP contribution in [0.1, 0.15) is 31.2 Å². The minimum absolute atomic E-state index is 0.0507. The topological polar surface area (TPSA) is 85.4 Å². The molecule has 0 unspecified atom stereocenters. The molecule has 0 aromatic carbocycles. The molecule has 1 saturated heterocycles. The van der Waals surface area contributed by atoms with Crippen LogP contribution < -0.4 is 5.32 Å². The molecule has 1 aromatic heterocycles. The van der Waals surface area contributed by atoms with Crippen molar-refractivity contribution >= 4 is 5.91 Å². The lowest BCUT2D eigenvalue weighted by Gasteiger charge is -2.34. The zero-order chi connectivity index (χ0) is 17.2. The highest BCUT2D eigenvalue weighted by Gasteiger charge is 2.43. The summed E-state index contributed by atoms with van der Waals surface area (Å²) >= 11 is 0. The Morgan fingerprint density at radius 2 is 2.08 bits per heavy atom. The molecule has 1 aliphatic heterocycles. The number of nitrogens with one attached hydrogen (secondary N) is 1. The Bertz CT molecular complexity index is 625. The van der Waals surface area contributed by atoms with E-state index in [9.17, 15) is 10.1 Å². The first-order chi connectivity index (χ1) is 11.5. The largest absolute Gasteiger partial charge is 0.360 e. The SMILES string of the molecule is Cc1cc(CN2CCN(CC(=O)N[C@](C)(C#N)C3CC3)CC2)on1. The molecule has 2 heterocycles. The summed E-state index contributed by atoms with van der Waals surface area (Å²) in [5, 5.41) is 16.2. The second kappa shape index (κ2) is 6.91. The smallest absolute Gasteiger partial charge is 0.235 e. The lowest BCUT2D eigenvalue weighted by Crippen LogP contribution is -2.53. The number of piperazine rings is 1. The van der Waals surface area contributed by atoms with Gasteiger partial charge in [0, 0.05) is 32.2 Å². The van der Waals surface area contributed by atoms with E-state index in [0.717, 1.165) is 57.0 Å². The van der Waals surface area contributed by atoms with Crippen LogP contribution in [0, 0.1) is 24.2 Å². The molecule has 7 nitrogen and oxygen atoms in total. The van der Waals surface area contributed by atoms with Crippen LogP contribution in [0.15, 0.2) is 10.6 Å². The van der Waals surface area contributed by atoms with Crippen LogP contribution in [-0.4, -0.2) is 59.1 Å². The van der Waals surface area contributed by atoms with Gasteiger partial charge < -0.3 is 9.84 Å². The highest BCUT2D eigenvalue weighted by molar-refractivity contribution is 5.79.